The molecule has 0 radical (unpaired) electrons. The fourth-order valence-corrected chi connectivity index (χ4v) is 1.24. The van der Waals surface area contributed by atoms with Gasteiger partial charge in [-0.15, -0.1) is 5.16 Å². The minimum atomic E-state index is -0.292. The molecule has 12 heavy (non-hydrogen) atoms. The molecule has 1 aromatic carbocycles. The lowest BCUT2D eigenvalue weighted by molar-refractivity contribution is 0.321. The van der Waals surface area contributed by atoms with E-state index in [4.69, 9.17) is 5.21 Å². The molecule has 0 bridgehead atoms. The summed E-state index contributed by atoms with van der Waals surface area (Å²) in [4.78, 5) is 0. The standard InChI is InChI=1S/C8H7BrFNO/c9-7-5-6(3-4-11-12)1-2-8(7)10/h1-2,4-5,12H,3H2. The van der Waals surface area contributed by atoms with Crippen molar-refractivity contribution in [2.45, 2.75) is 6.42 Å². The van der Waals surface area contributed by atoms with Crippen LogP contribution in [-0.2, 0) is 6.42 Å². The lowest BCUT2D eigenvalue weighted by Gasteiger charge is -1.97. The zero-order valence-corrected chi connectivity index (χ0v) is 7.75. The minimum absolute atomic E-state index is 0.292. The first kappa shape index (κ1) is 9.19. The van der Waals surface area contributed by atoms with E-state index in [0.717, 1.165) is 5.56 Å². The van der Waals surface area contributed by atoms with Crippen molar-refractivity contribution in [2.24, 2.45) is 5.16 Å². The van der Waals surface area contributed by atoms with Gasteiger partial charge in [0.1, 0.15) is 5.82 Å². The van der Waals surface area contributed by atoms with E-state index in [0.29, 0.717) is 10.9 Å². The molecule has 1 N–H and O–H groups in total. The van der Waals surface area contributed by atoms with Crippen LogP contribution in [-0.4, -0.2) is 11.4 Å². The first-order valence-corrected chi connectivity index (χ1v) is 4.13. The molecule has 0 aliphatic heterocycles. The number of benzene rings is 1. The number of nitrogens with zero attached hydrogens (tertiary/aromatic N) is 1. The summed E-state index contributed by atoms with van der Waals surface area (Å²) in [7, 11) is 0. The Hall–Kier alpha value is -0.900. The van der Waals surface area contributed by atoms with Gasteiger partial charge >= 0.3 is 0 Å². The molecule has 1 rings (SSSR count). The van der Waals surface area contributed by atoms with Crippen molar-refractivity contribution in [2.75, 3.05) is 0 Å². The van der Waals surface area contributed by atoms with Gasteiger partial charge in [-0.1, -0.05) is 6.07 Å². The zero-order valence-electron chi connectivity index (χ0n) is 6.17. The smallest absolute Gasteiger partial charge is 0.137 e. The molecule has 0 heterocycles. The van der Waals surface area contributed by atoms with Gasteiger partial charge in [0.15, 0.2) is 0 Å². The van der Waals surface area contributed by atoms with Crippen molar-refractivity contribution in [1.82, 2.24) is 0 Å². The van der Waals surface area contributed by atoms with E-state index in [2.05, 4.69) is 21.1 Å². The predicted molar refractivity (Wildman–Crippen MR) is 48.1 cm³/mol. The van der Waals surface area contributed by atoms with Gasteiger partial charge in [0, 0.05) is 12.6 Å². The fraction of sp³-hybridized carbons (Fsp3) is 0.125. The van der Waals surface area contributed by atoms with Gasteiger partial charge in [-0.2, -0.15) is 0 Å². The highest BCUT2D eigenvalue weighted by molar-refractivity contribution is 9.10. The highest BCUT2D eigenvalue weighted by Gasteiger charge is 1.98. The summed E-state index contributed by atoms with van der Waals surface area (Å²) >= 11 is 3.06. The Morgan fingerprint density at radius 1 is 1.58 bits per heavy atom. The maximum Gasteiger partial charge on any atom is 0.137 e. The Balaban J connectivity index is 2.82. The minimum Gasteiger partial charge on any atom is -0.411 e. The van der Waals surface area contributed by atoms with Crippen LogP contribution in [0, 0.1) is 5.82 Å². The van der Waals surface area contributed by atoms with Gasteiger partial charge in [0.2, 0.25) is 0 Å². The Bertz CT molecular complexity index is 301. The van der Waals surface area contributed by atoms with Crippen molar-refractivity contribution in [3.63, 3.8) is 0 Å². The van der Waals surface area contributed by atoms with Crippen LogP contribution in [0.4, 0.5) is 4.39 Å². The molecule has 0 saturated carbocycles. The summed E-state index contributed by atoms with van der Waals surface area (Å²) in [6.45, 7) is 0. The van der Waals surface area contributed by atoms with Gasteiger partial charge in [0.25, 0.3) is 0 Å². The monoisotopic (exact) mass is 231 g/mol. The molecule has 0 aliphatic carbocycles. The topological polar surface area (TPSA) is 32.6 Å². The molecule has 1 aromatic rings. The van der Waals surface area contributed by atoms with Crippen LogP contribution in [0.1, 0.15) is 5.56 Å². The summed E-state index contributed by atoms with van der Waals surface area (Å²) in [6, 6.07) is 4.66. The largest absolute Gasteiger partial charge is 0.411 e. The predicted octanol–water partition coefficient (Wildman–Crippen LogP) is 2.59. The molecule has 0 saturated heterocycles. The SMILES string of the molecule is ON=CCc1ccc(F)c(Br)c1. The lowest BCUT2D eigenvalue weighted by Crippen LogP contribution is -1.87. The third kappa shape index (κ3) is 2.30. The number of oxime groups is 1. The van der Waals surface area contributed by atoms with Crippen LogP contribution in [0.3, 0.4) is 0 Å². The molecular formula is C8H7BrFNO. The van der Waals surface area contributed by atoms with Crippen LogP contribution < -0.4 is 0 Å². The van der Waals surface area contributed by atoms with Crippen LogP contribution in [0.5, 0.6) is 0 Å². The summed E-state index contributed by atoms with van der Waals surface area (Å²) < 4.78 is 13.1. The lowest BCUT2D eigenvalue weighted by atomic mass is 10.2. The van der Waals surface area contributed by atoms with E-state index in [-0.39, 0.29) is 5.82 Å². The zero-order chi connectivity index (χ0) is 8.97. The van der Waals surface area contributed by atoms with Crippen molar-refractivity contribution in [1.29, 1.82) is 0 Å². The molecular weight excluding hydrogens is 225 g/mol. The highest BCUT2D eigenvalue weighted by Crippen LogP contribution is 2.16. The number of hydrogen-bond acceptors (Lipinski definition) is 2. The second-order valence-corrected chi connectivity index (χ2v) is 3.10. The second kappa shape index (κ2) is 4.21. The number of rotatable bonds is 2. The van der Waals surface area contributed by atoms with E-state index in [1.165, 1.54) is 12.3 Å². The average Bonchev–Trinajstić information content (AvgIpc) is 2.07. The fourth-order valence-electron chi connectivity index (χ4n) is 0.813. The van der Waals surface area contributed by atoms with E-state index in [1.54, 1.807) is 12.1 Å². The average molecular weight is 232 g/mol. The van der Waals surface area contributed by atoms with Gasteiger partial charge in [-0.05, 0) is 33.6 Å². The normalized spacial score (nSPS) is 10.8. The molecule has 0 amide bonds. The maximum atomic E-state index is 12.7. The van der Waals surface area contributed by atoms with Crippen molar-refractivity contribution >= 4 is 22.1 Å². The molecule has 0 unspecified atom stereocenters. The highest BCUT2D eigenvalue weighted by atomic mass is 79.9. The maximum absolute atomic E-state index is 12.7. The summed E-state index contributed by atoms with van der Waals surface area (Å²) in [5.41, 5.74) is 0.890. The molecule has 2 nitrogen and oxygen atoms in total. The molecule has 0 spiro atoms. The first-order valence-electron chi connectivity index (χ1n) is 3.34. The second-order valence-electron chi connectivity index (χ2n) is 2.25. The third-order valence-electron chi connectivity index (χ3n) is 1.39. The van der Waals surface area contributed by atoms with Crippen molar-refractivity contribution < 1.29 is 9.60 Å². The number of halogens is 2. The van der Waals surface area contributed by atoms with E-state index >= 15 is 0 Å². The van der Waals surface area contributed by atoms with E-state index in [1.807, 2.05) is 0 Å². The van der Waals surface area contributed by atoms with Crippen LogP contribution >= 0.6 is 15.9 Å². The van der Waals surface area contributed by atoms with Crippen LogP contribution in [0.2, 0.25) is 0 Å². The molecule has 64 valence electrons. The molecule has 0 fully saturated rings. The quantitative estimate of drug-likeness (QED) is 0.474. The summed E-state index contributed by atoms with van der Waals surface area (Å²) in [6.07, 6.45) is 1.84. The third-order valence-corrected chi connectivity index (χ3v) is 2.00. The molecule has 4 heteroatoms. The van der Waals surface area contributed by atoms with Crippen LogP contribution in [0.25, 0.3) is 0 Å². The molecule has 0 aliphatic rings. The van der Waals surface area contributed by atoms with Crippen LogP contribution in [0.15, 0.2) is 27.8 Å². The molecule has 0 atom stereocenters. The van der Waals surface area contributed by atoms with E-state index in [9.17, 15) is 4.39 Å². The van der Waals surface area contributed by atoms with Gasteiger partial charge < -0.3 is 5.21 Å². The van der Waals surface area contributed by atoms with Crippen molar-refractivity contribution in [3.8, 4) is 0 Å². The molecule has 0 aromatic heterocycles. The summed E-state index contributed by atoms with van der Waals surface area (Å²) in [5.74, 6) is -0.292. The Labute approximate surface area is 77.8 Å². The van der Waals surface area contributed by atoms with Gasteiger partial charge in [0.05, 0.1) is 4.47 Å². The summed E-state index contributed by atoms with van der Waals surface area (Å²) in [5, 5.41) is 11.0. The first-order chi connectivity index (χ1) is 5.74. The Kier molecular flexibility index (Phi) is 3.22. The Morgan fingerprint density at radius 3 is 2.92 bits per heavy atom. The Morgan fingerprint density at radius 2 is 2.33 bits per heavy atom. The van der Waals surface area contributed by atoms with Gasteiger partial charge in [-0.25, -0.2) is 4.39 Å². The van der Waals surface area contributed by atoms with Gasteiger partial charge in [-0.3, -0.25) is 0 Å². The van der Waals surface area contributed by atoms with E-state index < -0.39 is 0 Å². The van der Waals surface area contributed by atoms with Crippen molar-refractivity contribution in [3.05, 3.63) is 34.1 Å². The number of hydrogen-bond donors (Lipinski definition) is 1.